The van der Waals surface area contributed by atoms with Crippen LogP contribution in [0.4, 0.5) is 0 Å². The highest BCUT2D eigenvalue weighted by atomic mass is 16.5. The lowest BCUT2D eigenvalue weighted by molar-refractivity contribution is 0.146. The molecular formula is C20H32N6O. The van der Waals surface area contributed by atoms with Crippen LogP contribution in [0.2, 0.25) is 0 Å². The molecule has 7 nitrogen and oxygen atoms in total. The standard InChI is InChI=1S/C20H32N6O/c1-3-19-25-24-17-26(19)15-14-23-20(21-12-8-16-27-4-2)22-13-11-18-9-6-5-7-10-18/h5-7,9-10,17H,3-4,8,11-16H2,1-2H3,(H2,21,22,23). The fraction of sp³-hybridized carbons (Fsp3) is 0.550. The van der Waals surface area contributed by atoms with Gasteiger partial charge in [-0.05, 0) is 25.3 Å². The fourth-order valence-corrected chi connectivity index (χ4v) is 2.68. The van der Waals surface area contributed by atoms with E-state index in [4.69, 9.17) is 4.74 Å². The Kier molecular flexibility index (Phi) is 9.96. The zero-order valence-electron chi connectivity index (χ0n) is 16.5. The van der Waals surface area contributed by atoms with Crippen molar-refractivity contribution < 1.29 is 4.74 Å². The molecular weight excluding hydrogens is 340 g/mol. The minimum absolute atomic E-state index is 0.744. The molecule has 0 aliphatic carbocycles. The molecule has 2 rings (SSSR count). The number of guanidine groups is 1. The molecule has 1 aromatic heterocycles. The second-order valence-electron chi connectivity index (χ2n) is 6.16. The highest BCUT2D eigenvalue weighted by Gasteiger charge is 2.03. The van der Waals surface area contributed by atoms with E-state index in [2.05, 4.69) is 61.6 Å². The number of rotatable bonds is 12. The summed E-state index contributed by atoms with van der Waals surface area (Å²) in [7, 11) is 0. The third-order valence-electron chi connectivity index (χ3n) is 4.13. The molecule has 2 N–H and O–H groups in total. The lowest BCUT2D eigenvalue weighted by Crippen LogP contribution is -2.40. The maximum atomic E-state index is 5.38. The van der Waals surface area contributed by atoms with Crippen LogP contribution in [0, 0.1) is 0 Å². The Morgan fingerprint density at radius 3 is 2.74 bits per heavy atom. The smallest absolute Gasteiger partial charge is 0.191 e. The Morgan fingerprint density at radius 1 is 1.15 bits per heavy atom. The van der Waals surface area contributed by atoms with Gasteiger partial charge in [-0.2, -0.15) is 0 Å². The number of ether oxygens (including phenoxy) is 1. The summed E-state index contributed by atoms with van der Waals surface area (Å²) in [5.74, 6) is 1.84. The van der Waals surface area contributed by atoms with E-state index < -0.39 is 0 Å². The van der Waals surface area contributed by atoms with Gasteiger partial charge in [-0.3, -0.25) is 4.99 Å². The average molecular weight is 373 g/mol. The van der Waals surface area contributed by atoms with Gasteiger partial charge in [0, 0.05) is 45.8 Å². The van der Waals surface area contributed by atoms with E-state index in [0.717, 1.165) is 70.4 Å². The molecule has 0 fully saturated rings. The number of benzene rings is 1. The molecule has 7 heteroatoms. The molecule has 0 amide bonds. The monoisotopic (exact) mass is 372 g/mol. The number of nitrogens with zero attached hydrogens (tertiary/aromatic N) is 4. The van der Waals surface area contributed by atoms with Crippen LogP contribution in [-0.4, -0.2) is 53.6 Å². The van der Waals surface area contributed by atoms with Crippen molar-refractivity contribution in [2.75, 3.05) is 32.8 Å². The Balaban J connectivity index is 1.79. The molecule has 0 aliphatic rings. The molecule has 0 atom stereocenters. The van der Waals surface area contributed by atoms with E-state index in [-0.39, 0.29) is 0 Å². The van der Waals surface area contributed by atoms with Crippen LogP contribution >= 0.6 is 0 Å². The van der Waals surface area contributed by atoms with Crippen LogP contribution in [-0.2, 0) is 24.1 Å². The summed E-state index contributed by atoms with van der Waals surface area (Å²) in [6.45, 7) is 8.77. The molecule has 148 valence electrons. The number of aliphatic imine (C=N–C) groups is 1. The van der Waals surface area contributed by atoms with Crippen molar-refractivity contribution in [1.82, 2.24) is 25.4 Å². The Labute approximate surface area is 162 Å². The Hall–Kier alpha value is -2.41. The predicted octanol–water partition coefficient (Wildman–Crippen LogP) is 2.04. The van der Waals surface area contributed by atoms with Gasteiger partial charge in [-0.15, -0.1) is 10.2 Å². The third-order valence-corrected chi connectivity index (χ3v) is 4.13. The van der Waals surface area contributed by atoms with Gasteiger partial charge in [-0.1, -0.05) is 37.3 Å². The Morgan fingerprint density at radius 2 is 1.96 bits per heavy atom. The van der Waals surface area contributed by atoms with Crippen molar-refractivity contribution in [3.05, 3.63) is 48.0 Å². The zero-order chi connectivity index (χ0) is 19.2. The van der Waals surface area contributed by atoms with Gasteiger partial charge < -0.3 is 19.9 Å². The zero-order valence-corrected chi connectivity index (χ0v) is 16.5. The van der Waals surface area contributed by atoms with E-state index in [1.807, 2.05) is 13.0 Å². The average Bonchev–Trinajstić information content (AvgIpc) is 3.15. The van der Waals surface area contributed by atoms with Crippen LogP contribution < -0.4 is 10.6 Å². The minimum Gasteiger partial charge on any atom is -0.382 e. The molecule has 0 unspecified atom stereocenters. The van der Waals surface area contributed by atoms with Crippen molar-refractivity contribution in [1.29, 1.82) is 0 Å². The number of hydrogen-bond donors (Lipinski definition) is 2. The predicted molar refractivity (Wildman–Crippen MR) is 109 cm³/mol. The second kappa shape index (κ2) is 12.9. The van der Waals surface area contributed by atoms with Crippen molar-refractivity contribution >= 4 is 5.96 Å². The van der Waals surface area contributed by atoms with Crippen molar-refractivity contribution in [2.24, 2.45) is 4.99 Å². The summed E-state index contributed by atoms with van der Waals surface area (Å²) in [5.41, 5.74) is 1.32. The lowest BCUT2D eigenvalue weighted by atomic mass is 10.1. The molecule has 0 aliphatic heterocycles. The molecule has 27 heavy (non-hydrogen) atoms. The molecule has 0 saturated heterocycles. The number of hydrogen-bond acceptors (Lipinski definition) is 4. The van der Waals surface area contributed by atoms with Crippen LogP contribution in [0.1, 0.15) is 31.7 Å². The fourth-order valence-electron chi connectivity index (χ4n) is 2.68. The molecule has 1 heterocycles. The van der Waals surface area contributed by atoms with Crippen LogP contribution in [0.15, 0.2) is 41.7 Å². The molecule has 2 aromatic rings. The SMILES string of the molecule is CCOCCCN=C(NCCc1ccccc1)NCCn1cnnc1CC. The first-order valence-electron chi connectivity index (χ1n) is 9.84. The lowest BCUT2D eigenvalue weighted by Gasteiger charge is -2.13. The first kappa shape index (κ1) is 20.9. The number of aromatic nitrogens is 3. The van der Waals surface area contributed by atoms with Crippen molar-refractivity contribution in [3.63, 3.8) is 0 Å². The highest BCUT2D eigenvalue weighted by molar-refractivity contribution is 5.79. The van der Waals surface area contributed by atoms with Gasteiger partial charge in [0.15, 0.2) is 5.96 Å². The van der Waals surface area contributed by atoms with Crippen LogP contribution in [0.25, 0.3) is 0 Å². The van der Waals surface area contributed by atoms with E-state index in [0.29, 0.717) is 0 Å². The van der Waals surface area contributed by atoms with Crippen LogP contribution in [0.3, 0.4) is 0 Å². The van der Waals surface area contributed by atoms with Crippen molar-refractivity contribution in [3.8, 4) is 0 Å². The molecule has 0 spiro atoms. The first-order chi connectivity index (χ1) is 13.3. The highest BCUT2D eigenvalue weighted by Crippen LogP contribution is 1.98. The summed E-state index contributed by atoms with van der Waals surface area (Å²) in [6, 6.07) is 10.5. The quantitative estimate of drug-likeness (QED) is 0.339. The summed E-state index contributed by atoms with van der Waals surface area (Å²) in [5, 5.41) is 14.9. The van der Waals surface area contributed by atoms with Gasteiger partial charge in [0.2, 0.25) is 0 Å². The van der Waals surface area contributed by atoms with Crippen LogP contribution in [0.5, 0.6) is 0 Å². The van der Waals surface area contributed by atoms with Gasteiger partial charge in [0.25, 0.3) is 0 Å². The van der Waals surface area contributed by atoms with E-state index >= 15 is 0 Å². The summed E-state index contributed by atoms with van der Waals surface area (Å²) >= 11 is 0. The number of aryl methyl sites for hydroxylation is 1. The summed E-state index contributed by atoms with van der Waals surface area (Å²) < 4.78 is 7.46. The van der Waals surface area contributed by atoms with Crippen molar-refractivity contribution in [2.45, 2.75) is 39.7 Å². The van der Waals surface area contributed by atoms with Gasteiger partial charge >= 0.3 is 0 Å². The topological polar surface area (TPSA) is 76.4 Å². The normalized spacial score (nSPS) is 11.6. The Bertz CT molecular complexity index is 656. The van der Waals surface area contributed by atoms with Gasteiger partial charge in [-0.25, -0.2) is 0 Å². The maximum Gasteiger partial charge on any atom is 0.191 e. The van der Waals surface area contributed by atoms with Gasteiger partial charge in [0.1, 0.15) is 12.2 Å². The van der Waals surface area contributed by atoms with Gasteiger partial charge in [0.05, 0.1) is 0 Å². The van der Waals surface area contributed by atoms with E-state index in [1.165, 1.54) is 5.56 Å². The first-order valence-corrected chi connectivity index (χ1v) is 9.84. The molecule has 0 radical (unpaired) electrons. The summed E-state index contributed by atoms with van der Waals surface area (Å²) in [6.07, 6.45) is 4.55. The number of nitrogens with one attached hydrogen (secondary N) is 2. The minimum atomic E-state index is 0.744. The van der Waals surface area contributed by atoms with E-state index in [1.54, 1.807) is 6.33 Å². The molecule has 1 aromatic carbocycles. The second-order valence-corrected chi connectivity index (χ2v) is 6.16. The van der Waals surface area contributed by atoms with E-state index in [9.17, 15) is 0 Å². The largest absolute Gasteiger partial charge is 0.382 e. The maximum absolute atomic E-state index is 5.38. The third kappa shape index (κ3) is 8.21. The molecule has 0 bridgehead atoms. The summed E-state index contributed by atoms with van der Waals surface area (Å²) in [4.78, 5) is 4.66. The molecule has 0 saturated carbocycles.